The fourth-order valence-electron chi connectivity index (χ4n) is 2.42. The quantitative estimate of drug-likeness (QED) is 0.691. The summed E-state index contributed by atoms with van der Waals surface area (Å²) >= 11 is 0. The Morgan fingerprint density at radius 3 is 2.67 bits per heavy atom. The van der Waals surface area contributed by atoms with Gasteiger partial charge in [0.2, 0.25) is 5.91 Å². The summed E-state index contributed by atoms with van der Waals surface area (Å²) in [6, 6.07) is -0.577. The van der Waals surface area contributed by atoms with E-state index in [1.165, 1.54) is 0 Å². The molecule has 5 heteroatoms. The fourth-order valence-corrected chi connectivity index (χ4v) is 2.42. The minimum Gasteiger partial charge on any atom is -0.464 e. The fraction of sp³-hybridized carbons (Fsp3) is 0.846. The lowest BCUT2D eigenvalue weighted by molar-refractivity contribution is -0.148. The van der Waals surface area contributed by atoms with E-state index in [0.717, 1.165) is 25.8 Å². The monoisotopic (exact) mass is 256 g/mol. The summed E-state index contributed by atoms with van der Waals surface area (Å²) < 4.78 is 4.89. The average Bonchev–Trinajstić information content (AvgIpc) is 2.79. The summed E-state index contributed by atoms with van der Waals surface area (Å²) in [5.41, 5.74) is -0.352. The number of nitrogens with one attached hydrogen (secondary N) is 2. The van der Waals surface area contributed by atoms with Crippen LogP contribution in [0.2, 0.25) is 0 Å². The topological polar surface area (TPSA) is 67.4 Å². The van der Waals surface area contributed by atoms with Gasteiger partial charge in [-0.3, -0.25) is 4.79 Å². The molecule has 0 aromatic heterocycles. The van der Waals surface area contributed by atoms with E-state index in [2.05, 4.69) is 17.6 Å². The summed E-state index contributed by atoms with van der Waals surface area (Å²) in [5, 5.41) is 6.01. The van der Waals surface area contributed by atoms with Gasteiger partial charge in [0.05, 0.1) is 12.0 Å². The highest BCUT2D eigenvalue weighted by atomic mass is 16.5. The first kappa shape index (κ1) is 15.0. The molecule has 0 saturated carbocycles. The molecule has 1 fully saturated rings. The summed E-state index contributed by atoms with van der Waals surface area (Å²) in [6.45, 7) is 7.38. The van der Waals surface area contributed by atoms with Crippen LogP contribution in [0.4, 0.5) is 0 Å². The largest absolute Gasteiger partial charge is 0.464 e. The molecule has 2 unspecified atom stereocenters. The van der Waals surface area contributed by atoms with Crippen molar-refractivity contribution in [3.63, 3.8) is 0 Å². The molecule has 1 heterocycles. The summed E-state index contributed by atoms with van der Waals surface area (Å²) in [6.07, 6.45) is 2.65. The molecule has 18 heavy (non-hydrogen) atoms. The maximum absolute atomic E-state index is 12.3. The van der Waals surface area contributed by atoms with Crippen LogP contribution in [0.25, 0.3) is 0 Å². The van der Waals surface area contributed by atoms with Crippen LogP contribution in [-0.4, -0.2) is 37.6 Å². The lowest BCUT2D eigenvalue weighted by Gasteiger charge is -2.27. The predicted molar refractivity (Wildman–Crippen MR) is 69.1 cm³/mol. The van der Waals surface area contributed by atoms with Gasteiger partial charge in [0.15, 0.2) is 0 Å². The van der Waals surface area contributed by atoms with Crippen LogP contribution in [0.15, 0.2) is 0 Å². The summed E-state index contributed by atoms with van der Waals surface area (Å²) in [7, 11) is 0. The van der Waals surface area contributed by atoms with Crippen LogP contribution in [0.3, 0.4) is 0 Å². The zero-order chi connectivity index (χ0) is 13.6. The molecule has 1 amide bonds. The number of carbonyl (C=O) groups excluding carboxylic acids is 2. The van der Waals surface area contributed by atoms with E-state index in [4.69, 9.17) is 4.74 Å². The molecule has 1 aliphatic rings. The Kier molecular flexibility index (Phi) is 5.59. The Bertz CT molecular complexity index is 299. The molecule has 0 spiro atoms. The highest BCUT2D eigenvalue weighted by molar-refractivity contribution is 5.88. The third-order valence-electron chi connectivity index (χ3n) is 3.44. The van der Waals surface area contributed by atoms with Crippen LogP contribution in [-0.2, 0) is 14.3 Å². The minimum absolute atomic E-state index is 0.0325. The molecule has 2 atom stereocenters. The van der Waals surface area contributed by atoms with Crippen molar-refractivity contribution in [2.75, 3.05) is 19.7 Å². The van der Waals surface area contributed by atoms with Gasteiger partial charge in [-0.2, -0.15) is 0 Å². The second kappa shape index (κ2) is 6.73. The van der Waals surface area contributed by atoms with Gasteiger partial charge in [-0.05, 0) is 33.2 Å². The van der Waals surface area contributed by atoms with Gasteiger partial charge >= 0.3 is 5.97 Å². The second-order valence-corrected chi connectivity index (χ2v) is 4.90. The molecule has 0 aliphatic carbocycles. The number of ether oxygens (including phenoxy) is 1. The zero-order valence-electron chi connectivity index (χ0n) is 11.5. The Hall–Kier alpha value is -1.10. The first-order valence-electron chi connectivity index (χ1n) is 6.74. The number of hydrogen-bond donors (Lipinski definition) is 2. The zero-order valence-corrected chi connectivity index (χ0v) is 11.5. The van der Waals surface area contributed by atoms with Crippen LogP contribution < -0.4 is 10.6 Å². The number of amides is 1. The Labute approximate surface area is 109 Å². The molecule has 1 saturated heterocycles. The van der Waals surface area contributed by atoms with Gasteiger partial charge in [-0.25, -0.2) is 4.79 Å². The van der Waals surface area contributed by atoms with E-state index in [0.29, 0.717) is 13.2 Å². The molecular weight excluding hydrogens is 232 g/mol. The van der Waals surface area contributed by atoms with Crippen molar-refractivity contribution in [1.82, 2.24) is 10.6 Å². The smallest absolute Gasteiger partial charge is 0.328 e. The SMILES string of the molecule is CCCC1(C(=O)NC(C)C(=O)OCC)CCNC1. The van der Waals surface area contributed by atoms with Crippen molar-refractivity contribution in [2.24, 2.45) is 5.41 Å². The lowest BCUT2D eigenvalue weighted by Crippen LogP contribution is -2.48. The third kappa shape index (κ3) is 3.45. The molecule has 0 aromatic carbocycles. The molecular formula is C13H24N2O3. The first-order valence-corrected chi connectivity index (χ1v) is 6.74. The minimum atomic E-state index is -0.577. The van der Waals surface area contributed by atoms with Crippen molar-refractivity contribution < 1.29 is 14.3 Å². The predicted octanol–water partition coefficient (Wildman–Crippen LogP) is 0.834. The molecule has 1 rings (SSSR count). The van der Waals surface area contributed by atoms with Gasteiger partial charge in [0.1, 0.15) is 6.04 Å². The van der Waals surface area contributed by atoms with E-state index in [-0.39, 0.29) is 17.3 Å². The van der Waals surface area contributed by atoms with Crippen LogP contribution in [0, 0.1) is 5.41 Å². The number of rotatable bonds is 6. The van der Waals surface area contributed by atoms with Gasteiger partial charge in [-0.1, -0.05) is 13.3 Å². The Morgan fingerprint density at radius 1 is 1.44 bits per heavy atom. The highest BCUT2D eigenvalue weighted by Crippen LogP contribution is 2.31. The van der Waals surface area contributed by atoms with Crippen LogP contribution in [0.5, 0.6) is 0 Å². The molecule has 5 nitrogen and oxygen atoms in total. The first-order chi connectivity index (χ1) is 8.55. The van der Waals surface area contributed by atoms with E-state index in [9.17, 15) is 9.59 Å². The molecule has 2 N–H and O–H groups in total. The van der Waals surface area contributed by atoms with Gasteiger partial charge < -0.3 is 15.4 Å². The lowest BCUT2D eigenvalue weighted by atomic mass is 9.81. The summed E-state index contributed by atoms with van der Waals surface area (Å²) in [5.74, 6) is -0.404. The number of carbonyl (C=O) groups is 2. The summed E-state index contributed by atoms with van der Waals surface area (Å²) in [4.78, 5) is 23.8. The van der Waals surface area contributed by atoms with Gasteiger partial charge in [0.25, 0.3) is 0 Å². The van der Waals surface area contributed by atoms with Crippen molar-refractivity contribution in [3.8, 4) is 0 Å². The van der Waals surface area contributed by atoms with Crippen molar-refractivity contribution in [3.05, 3.63) is 0 Å². The maximum Gasteiger partial charge on any atom is 0.328 e. The average molecular weight is 256 g/mol. The van der Waals surface area contributed by atoms with E-state index in [1.807, 2.05) is 0 Å². The number of esters is 1. The Balaban J connectivity index is 2.59. The van der Waals surface area contributed by atoms with E-state index >= 15 is 0 Å². The molecule has 0 radical (unpaired) electrons. The van der Waals surface area contributed by atoms with Crippen molar-refractivity contribution in [1.29, 1.82) is 0 Å². The molecule has 104 valence electrons. The van der Waals surface area contributed by atoms with Crippen LogP contribution in [0.1, 0.15) is 40.0 Å². The van der Waals surface area contributed by atoms with E-state index < -0.39 is 6.04 Å². The Morgan fingerprint density at radius 2 is 2.17 bits per heavy atom. The highest BCUT2D eigenvalue weighted by Gasteiger charge is 2.41. The number of hydrogen-bond acceptors (Lipinski definition) is 4. The maximum atomic E-state index is 12.3. The normalized spacial score (nSPS) is 24.6. The van der Waals surface area contributed by atoms with Gasteiger partial charge in [-0.15, -0.1) is 0 Å². The van der Waals surface area contributed by atoms with Gasteiger partial charge in [0, 0.05) is 6.54 Å². The molecule has 0 aromatic rings. The standard InChI is InChI=1S/C13H24N2O3/c1-4-6-13(7-8-14-9-13)12(17)15-10(3)11(16)18-5-2/h10,14H,4-9H2,1-3H3,(H,15,17). The van der Waals surface area contributed by atoms with Crippen LogP contribution >= 0.6 is 0 Å². The molecule has 0 bridgehead atoms. The van der Waals surface area contributed by atoms with Crippen molar-refractivity contribution >= 4 is 11.9 Å². The third-order valence-corrected chi connectivity index (χ3v) is 3.44. The molecule has 1 aliphatic heterocycles. The second-order valence-electron chi connectivity index (χ2n) is 4.90. The van der Waals surface area contributed by atoms with E-state index in [1.54, 1.807) is 13.8 Å². The van der Waals surface area contributed by atoms with Crippen molar-refractivity contribution in [2.45, 2.75) is 46.1 Å².